The second-order valence-electron chi connectivity index (χ2n) is 17.5. The molecule has 0 aliphatic heterocycles. The van der Waals surface area contributed by atoms with Gasteiger partial charge in [0, 0.05) is 15.5 Å². The highest BCUT2D eigenvalue weighted by molar-refractivity contribution is 7.26. The van der Waals surface area contributed by atoms with Gasteiger partial charge in [0.15, 0.2) is 5.65 Å². The molecule has 3 aromatic heterocycles. The van der Waals surface area contributed by atoms with Crippen molar-refractivity contribution in [2.24, 2.45) is 0 Å². The Balaban J connectivity index is 0.862. The van der Waals surface area contributed by atoms with E-state index in [4.69, 9.17) is 4.98 Å². The van der Waals surface area contributed by atoms with Crippen LogP contribution in [0.4, 0.5) is 0 Å². The van der Waals surface area contributed by atoms with Gasteiger partial charge in [0.25, 0.3) is 0 Å². The van der Waals surface area contributed by atoms with Crippen molar-refractivity contribution >= 4 is 69.7 Å². The minimum Gasteiger partial charge on any atom is -0.291 e. The molecule has 13 aromatic rings. The third kappa shape index (κ3) is 5.37. The van der Waals surface area contributed by atoms with Gasteiger partial charge in [0.05, 0.1) is 26.8 Å². The number of benzene rings is 10. The standard InChI is InChI=1S/C62H38N2S/c1-3-17-48(18-4-1)62(49-19-5-2-6-20-49)54-22-12-11-21-50(54)51-33-47(31-32-55(51)62)41-25-23-39(24-26-41)40-27-29-42(30-28-40)57-38-53-52-34-43-13-7-10-16-46(43)37-59(52)65-60(53)61-63-56-35-44-14-8-9-15-45(44)36-58(56)64(57)61/h1-38H. The Labute approximate surface area is 380 Å². The third-order valence-corrected chi connectivity index (χ3v) is 15.2. The molecule has 0 unspecified atom stereocenters. The summed E-state index contributed by atoms with van der Waals surface area (Å²) >= 11 is 1.85. The zero-order valence-electron chi connectivity index (χ0n) is 35.2. The summed E-state index contributed by atoms with van der Waals surface area (Å²) in [5, 5.41) is 7.46. The van der Waals surface area contributed by atoms with Crippen LogP contribution in [0.1, 0.15) is 22.3 Å². The van der Waals surface area contributed by atoms with Crippen LogP contribution in [-0.4, -0.2) is 9.38 Å². The highest BCUT2D eigenvalue weighted by Crippen LogP contribution is 2.56. The molecule has 1 aliphatic rings. The monoisotopic (exact) mass is 842 g/mol. The number of hydrogen-bond acceptors (Lipinski definition) is 2. The van der Waals surface area contributed by atoms with Crippen LogP contribution < -0.4 is 0 Å². The summed E-state index contributed by atoms with van der Waals surface area (Å²) in [5.41, 5.74) is 17.6. The van der Waals surface area contributed by atoms with Crippen LogP contribution in [0.2, 0.25) is 0 Å². The topological polar surface area (TPSA) is 17.3 Å². The molecule has 0 N–H and O–H groups in total. The van der Waals surface area contributed by atoms with Gasteiger partial charge >= 0.3 is 0 Å². The van der Waals surface area contributed by atoms with Crippen LogP contribution in [0.25, 0.3) is 103 Å². The van der Waals surface area contributed by atoms with Gasteiger partial charge in [-0.1, -0.05) is 194 Å². The quantitative estimate of drug-likeness (QED) is 0.169. The molecule has 2 nitrogen and oxygen atoms in total. The van der Waals surface area contributed by atoms with Crippen LogP contribution in [0, 0.1) is 0 Å². The second-order valence-corrected chi connectivity index (χ2v) is 18.5. The third-order valence-electron chi connectivity index (χ3n) is 14.0. The van der Waals surface area contributed by atoms with Crippen LogP contribution in [0.15, 0.2) is 231 Å². The van der Waals surface area contributed by atoms with Gasteiger partial charge in [-0.15, -0.1) is 11.3 Å². The van der Waals surface area contributed by atoms with E-state index in [-0.39, 0.29) is 0 Å². The maximum Gasteiger partial charge on any atom is 0.156 e. The second kappa shape index (κ2) is 13.9. The maximum absolute atomic E-state index is 5.38. The normalized spacial score (nSPS) is 13.0. The molecule has 0 fully saturated rings. The van der Waals surface area contributed by atoms with Gasteiger partial charge in [0.1, 0.15) is 0 Å². The lowest BCUT2D eigenvalue weighted by Gasteiger charge is -2.33. The molecular weight excluding hydrogens is 805 g/mol. The van der Waals surface area contributed by atoms with E-state index in [1.54, 1.807) is 0 Å². The molecule has 0 amide bonds. The zero-order chi connectivity index (χ0) is 42.6. The molecule has 0 saturated carbocycles. The van der Waals surface area contributed by atoms with Crippen LogP contribution in [0.5, 0.6) is 0 Å². The summed E-state index contributed by atoms with van der Waals surface area (Å²) in [4.78, 5) is 5.38. The number of thiophene rings is 1. The number of hydrogen-bond donors (Lipinski definition) is 0. The van der Waals surface area contributed by atoms with E-state index in [2.05, 4.69) is 235 Å². The fraction of sp³-hybridized carbons (Fsp3) is 0.0161. The Morgan fingerprint density at radius 2 is 0.908 bits per heavy atom. The van der Waals surface area contributed by atoms with E-state index < -0.39 is 5.41 Å². The first-order valence-corrected chi connectivity index (χ1v) is 23.2. The Kier molecular flexibility index (Phi) is 7.80. The van der Waals surface area contributed by atoms with Crippen LogP contribution in [0.3, 0.4) is 0 Å². The fourth-order valence-corrected chi connectivity index (χ4v) is 12.2. The first-order chi connectivity index (χ1) is 32.2. The van der Waals surface area contributed by atoms with Crippen molar-refractivity contribution in [3.05, 3.63) is 253 Å². The van der Waals surface area contributed by atoms with Crippen molar-refractivity contribution in [1.29, 1.82) is 0 Å². The minimum absolute atomic E-state index is 0.397. The highest BCUT2D eigenvalue weighted by Gasteiger charge is 2.46. The Morgan fingerprint density at radius 1 is 0.385 bits per heavy atom. The molecule has 10 aromatic carbocycles. The predicted molar refractivity (Wildman–Crippen MR) is 274 cm³/mol. The number of fused-ring (bicyclic) bond motifs is 12. The van der Waals surface area contributed by atoms with Crippen molar-refractivity contribution in [2.75, 3.05) is 0 Å². The first-order valence-electron chi connectivity index (χ1n) is 22.3. The summed E-state index contributed by atoms with van der Waals surface area (Å²) in [7, 11) is 0. The molecule has 0 saturated heterocycles. The van der Waals surface area contributed by atoms with Gasteiger partial charge in [0.2, 0.25) is 0 Å². The number of pyridine rings is 1. The highest BCUT2D eigenvalue weighted by atomic mass is 32.1. The van der Waals surface area contributed by atoms with E-state index >= 15 is 0 Å². The molecule has 3 heteroatoms. The molecule has 0 spiro atoms. The van der Waals surface area contributed by atoms with E-state index in [1.165, 1.54) is 97.4 Å². The molecule has 0 radical (unpaired) electrons. The van der Waals surface area contributed by atoms with Gasteiger partial charge in [-0.3, -0.25) is 4.40 Å². The zero-order valence-corrected chi connectivity index (χ0v) is 36.1. The van der Waals surface area contributed by atoms with E-state index in [0.717, 1.165) is 27.9 Å². The van der Waals surface area contributed by atoms with Crippen molar-refractivity contribution in [3.63, 3.8) is 0 Å². The lowest BCUT2D eigenvalue weighted by Crippen LogP contribution is -2.28. The number of rotatable bonds is 5. The summed E-state index contributed by atoms with van der Waals surface area (Å²) < 4.78 is 4.89. The molecule has 14 rings (SSSR count). The smallest absolute Gasteiger partial charge is 0.156 e. The van der Waals surface area contributed by atoms with Crippen molar-refractivity contribution in [3.8, 4) is 44.6 Å². The number of imidazole rings is 1. The maximum atomic E-state index is 5.38. The van der Waals surface area contributed by atoms with E-state index in [9.17, 15) is 0 Å². The summed E-state index contributed by atoms with van der Waals surface area (Å²) in [6.07, 6.45) is 0. The average Bonchev–Trinajstić information content (AvgIpc) is 4.03. The Morgan fingerprint density at radius 3 is 1.58 bits per heavy atom. The molecule has 65 heavy (non-hydrogen) atoms. The van der Waals surface area contributed by atoms with Gasteiger partial charge < -0.3 is 0 Å². The van der Waals surface area contributed by atoms with Crippen molar-refractivity contribution in [2.45, 2.75) is 5.41 Å². The molecule has 1 aliphatic carbocycles. The van der Waals surface area contributed by atoms with Crippen LogP contribution in [-0.2, 0) is 5.41 Å². The van der Waals surface area contributed by atoms with E-state index in [0.29, 0.717) is 0 Å². The molecule has 0 bridgehead atoms. The first kappa shape index (κ1) is 36.4. The van der Waals surface area contributed by atoms with Crippen LogP contribution >= 0.6 is 11.3 Å². The molecule has 0 atom stereocenters. The summed E-state index contributed by atoms with van der Waals surface area (Å²) in [6, 6.07) is 85.2. The Bertz CT molecular complexity index is 3990. The summed E-state index contributed by atoms with van der Waals surface area (Å²) in [5.74, 6) is 0. The molecular formula is C62H38N2S. The predicted octanol–water partition coefficient (Wildman–Crippen LogP) is 16.5. The minimum atomic E-state index is -0.397. The lowest BCUT2D eigenvalue weighted by atomic mass is 9.67. The fourth-order valence-electron chi connectivity index (χ4n) is 11.0. The largest absolute Gasteiger partial charge is 0.291 e. The van der Waals surface area contributed by atoms with Gasteiger partial charge in [-0.2, -0.15) is 0 Å². The van der Waals surface area contributed by atoms with Crippen molar-refractivity contribution in [1.82, 2.24) is 9.38 Å². The molecule has 3 heterocycles. The van der Waals surface area contributed by atoms with Gasteiger partial charge in [-0.25, -0.2) is 4.98 Å². The number of nitrogens with zero attached hydrogens (tertiary/aromatic N) is 2. The summed E-state index contributed by atoms with van der Waals surface area (Å²) in [6.45, 7) is 0. The van der Waals surface area contributed by atoms with E-state index in [1.807, 2.05) is 11.3 Å². The van der Waals surface area contributed by atoms with Gasteiger partial charge in [-0.05, 0) is 119 Å². The number of aromatic nitrogens is 2. The Hall–Kier alpha value is -8.11. The lowest BCUT2D eigenvalue weighted by molar-refractivity contribution is 0.768. The van der Waals surface area contributed by atoms with Crippen molar-refractivity contribution < 1.29 is 0 Å². The molecule has 302 valence electrons. The SMILES string of the molecule is c1ccc(C2(c3ccccc3)c3ccccc3-c3cc(-c4ccc(-c5ccc(-c6cc7c8cc9ccccc9cc8sc7c7nc8cc9ccccc9cc8n67)cc5)cc4)ccc32)cc1. The average molecular weight is 843 g/mol.